The highest BCUT2D eigenvalue weighted by molar-refractivity contribution is 5.76. The summed E-state index contributed by atoms with van der Waals surface area (Å²) in [6.45, 7) is 6.60. The van der Waals surface area contributed by atoms with Gasteiger partial charge >= 0.3 is 11.9 Å². The SMILES string of the molecule is CCCCCCC/C=C/CCCCCCCCCCCCCC[N+](C(C)C(=O)[O-])(C(C)C(=O)O)C(C)C(=O)O. The van der Waals surface area contributed by atoms with Gasteiger partial charge in [-0.25, -0.2) is 9.59 Å². The topological polar surface area (TPSA) is 115 Å². The van der Waals surface area contributed by atoms with Gasteiger partial charge in [-0.05, 0) is 59.3 Å². The number of hydrogen-bond acceptors (Lipinski definition) is 4. The molecule has 0 spiro atoms. The fourth-order valence-electron chi connectivity index (χ4n) is 5.71. The maximum atomic E-state index is 11.8. The van der Waals surface area contributed by atoms with Gasteiger partial charge in [0, 0.05) is 0 Å². The van der Waals surface area contributed by atoms with Crippen molar-refractivity contribution < 1.29 is 34.2 Å². The second-order valence-electron chi connectivity index (χ2n) is 11.4. The molecule has 0 saturated heterocycles. The highest BCUT2D eigenvalue weighted by Gasteiger charge is 2.50. The summed E-state index contributed by atoms with van der Waals surface area (Å²) in [6, 6.07) is -3.56. The molecule has 0 heterocycles. The molecule has 0 rings (SSSR count). The van der Waals surface area contributed by atoms with E-state index in [9.17, 15) is 29.7 Å². The Morgan fingerprint density at radius 1 is 0.590 bits per heavy atom. The van der Waals surface area contributed by atoms with E-state index in [0.29, 0.717) is 6.42 Å². The number of carbonyl (C=O) groups is 3. The zero-order valence-electron chi connectivity index (χ0n) is 25.5. The Morgan fingerprint density at radius 3 is 1.26 bits per heavy atom. The van der Waals surface area contributed by atoms with Gasteiger partial charge in [-0.15, -0.1) is 0 Å². The maximum Gasteiger partial charge on any atom is 0.362 e. The molecule has 7 nitrogen and oxygen atoms in total. The summed E-state index contributed by atoms with van der Waals surface area (Å²) >= 11 is 0. The minimum atomic E-state index is -1.42. The van der Waals surface area contributed by atoms with Crippen LogP contribution in [-0.2, 0) is 14.4 Å². The van der Waals surface area contributed by atoms with Crippen LogP contribution in [0.1, 0.15) is 150 Å². The molecular formula is C32H59NO6. The van der Waals surface area contributed by atoms with Crippen molar-refractivity contribution in [3.8, 4) is 0 Å². The number of aliphatic carboxylic acids is 3. The summed E-state index contributed by atoms with van der Waals surface area (Å²) < 4.78 is -0.539. The van der Waals surface area contributed by atoms with Crippen LogP contribution in [-0.4, -0.2) is 57.3 Å². The van der Waals surface area contributed by atoms with Crippen LogP contribution >= 0.6 is 0 Å². The van der Waals surface area contributed by atoms with E-state index >= 15 is 0 Å². The lowest BCUT2D eigenvalue weighted by molar-refractivity contribution is -0.969. The van der Waals surface area contributed by atoms with Crippen molar-refractivity contribution in [2.24, 2.45) is 0 Å². The lowest BCUT2D eigenvalue weighted by Crippen LogP contribution is -2.72. The number of carbonyl (C=O) groups excluding carboxylic acids is 1. The van der Waals surface area contributed by atoms with Crippen LogP contribution in [0.4, 0.5) is 0 Å². The maximum absolute atomic E-state index is 11.8. The summed E-state index contributed by atoms with van der Waals surface area (Å²) in [4.78, 5) is 35.3. The highest BCUT2D eigenvalue weighted by atomic mass is 16.4. The average Bonchev–Trinajstić information content (AvgIpc) is 2.90. The van der Waals surface area contributed by atoms with E-state index in [1.165, 1.54) is 111 Å². The summed E-state index contributed by atoms with van der Waals surface area (Å²) in [5.74, 6) is -3.82. The molecule has 0 amide bonds. The van der Waals surface area contributed by atoms with E-state index in [1.807, 2.05) is 0 Å². The average molecular weight is 554 g/mol. The van der Waals surface area contributed by atoms with Gasteiger partial charge in [-0.3, -0.25) is 4.48 Å². The van der Waals surface area contributed by atoms with E-state index in [0.717, 1.165) is 25.7 Å². The third-order valence-electron chi connectivity index (χ3n) is 8.53. The molecule has 3 atom stereocenters. The van der Waals surface area contributed by atoms with Crippen LogP contribution in [0.2, 0.25) is 0 Å². The minimum absolute atomic E-state index is 0.185. The van der Waals surface area contributed by atoms with Crippen LogP contribution in [0.15, 0.2) is 12.2 Å². The zero-order valence-corrected chi connectivity index (χ0v) is 25.5. The van der Waals surface area contributed by atoms with Crippen molar-refractivity contribution in [2.75, 3.05) is 6.54 Å². The van der Waals surface area contributed by atoms with Crippen LogP contribution in [0.3, 0.4) is 0 Å². The first-order valence-electron chi connectivity index (χ1n) is 15.8. The molecular weight excluding hydrogens is 494 g/mol. The molecule has 0 aliphatic heterocycles. The molecule has 0 aliphatic carbocycles. The van der Waals surface area contributed by atoms with Gasteiger partial charge in [0.2, 0.25) is 0 Å². The third-order valence-corrected chi connectivity index (χ3v) is 8.53. The molecule has 0 aromatic carbocycles. The molecule has 7 heteroatoms. The summed E-state index contributed by atoms with van der Waals surface area (Å²) in [5.41, 5.74) is 0. The summed E-state index contributed by atoms with van der Waals surface area (Å²) in [6.07, 6.45) is 27.6. The van der Waals surface area contributed by atoms with Crippen molar-refractivity contribution in [3.63, 3.8) is 0 Å². The number of hydrogen-bond donors (Lipinski definition) is 2. The van der Waals surface area contributed by atoms with E-state index in [1.54, 1.807) is 0 Å². The van der Waals surface area contributed by atoms with Crippen molar-refractivity contribution in [3.05, 3.63) is 12.2 Å². The van der Waals surface area contributed by atoms with Crippen LogP contribution in [0, 0.1) is 0 Å². The van der Waals surface area contributed by atoms with Gasteiger partial charge in [-0.1, -0.05) is 103 Å². The van der Waals surface area contributed by atoms with Crippen LogP contribution in [0.25, 0.3) is 0 Å². The molecule has 0 radical (unpaired) electrons. The van der Waals surface area contributed by atoms with E-state index < -0.39 is 40.5 Å². The largest absolute Gasteiger partial charge is 0.544 e. The lowest BCUT2D eigenvalue weighted by Gasteiger charge is -2.49. The predicted molar refractivity (Wildman–Crippen MR) is 156 cm³/mol. The molecule has 39 heavy (non-hydrogen) atoms. The minimum Gasteiger partial charge on any atom is -0.544 e. The molecule has 0 aromatic rings. The fourth-order valence-corrected chi connectivity index (χ4v) is 5.71. The van der Waals surface area contributed by atoms with E-state index in [4.69, 9.17) is 0 Å². The van der Waals surface area contributed by atoms with Gasteiger partial charge in [0.15, 0.2) is 12.1 Å². The van der Waals surface area contributed by atoms with Crippen LogP contribution in [0.5, 0.6) is 0 Å². The molecule has 0 fully saturated rings. The summed E-state index contributed by atoms with van der Waals surface area (Å²) in [7, 11) is 0. The Bertz CT molecular complexity index is 642. The molecule has 0 saturated carbocycles. The Hall–Kier alpha value is -1.89. The van der Waals surface area contributed by atoms with Gasteiger partial charge in [0.1, 0.15) is 6.04 Å². The van der Waals surface area contributed by atoms with Gasteiger partial charge in [0.25, 0.3) is 0 Å². The van der Waals surface area contributed by atoms with Crippen molar-refractivity contribution in [1.82, 2.24) is 0 Å². The van der Waals surface area contributed by atoms with Crippen molar-refractivity contribution in [2.45, 2.75) is 168 Å². The molecule has 0 aliphatic rings. The van der Waals surface area contributed by atoms with Crippen LogP contribution < -0.4 is 5.11 Å². The second kappa shape index (κ2) is 22.9. The lowest BCUT2D eigenvalue weighted by atomic mass is 10.00. The number of quaternary nitrogens is 1. The molecule has 228 valence electrons. The number of carboxylic acids is 3. The molecule has 3 unspecified atom stereocenters. The van der Waals surface area contributed by atoms with Crippen molar-refractivity contribution >= 4 is 17.9 Å². The standard InChI is InChI=1S/C32H59NO6/c1-5-6-7-8-9-10-11-12-13-14-15-16-17-18-19-20-21-22-23-24-25-26-33(27(2)30(34)35,28(3)31(36)37)29(4)32(38)39/h11-12,27-29H,5-10,13-26H2,1-4H3,(H2-,34,35,36,37,38,39)/b12-11+. The number of nitrogens with zero attached hydrogens (tertiary/aromatic N) is 1. The fraction of sp³-hybridized carbons (Fsp3) is 0.844. The summed E-state index contributed by atoms with van der Waals surface area (Å²) in [5, 5.41) is 31.0. The quantitative estimate of drug-likeness (QED) is 0.0651. The Kier molecular flexibility index (Phi) is 21.8. The van der Waals surface area contributed by atoms with Gasteiger partial charge in [-0.2, -0.15) is 0 Å². The third kappa shape index (κ3) is 15.5. The molecule has 0 bridgehead atoms. The Labute approximate surface area is 238 Å². The number of unbranched alkanes of at least 4 members (excludes halogenated alkanes) is 17. The Morgan fingerprint density at radius 2 is 0.923 bits per heavy atom. The first kappa shape index (κ1) is 37.1. The molecule has 2 N–H and O–H groups in total. The van der Waals surface area contributed by atoms with Gasteiger partial charge in [0.05, 0.1) is 12.5 Å². The normalized spacial score (nSPS) is 15.6. The van der Waals surface area contributed by atoms with Crippen molar-refractivity contribution in [1.29, 1.82) is 0 Å². The first-order chi connectivity index (χ1) is 18.6. The highest BCUT2D eigenvalue weighted by Crippen LogP contribution is 2.27. The number of rotatable bonds is 27. The monoisotopic (exact) mass is 553 g/mol. The van der Waals surface area contributed by atoms with E-state index in [-0.39, 0.29) is 6.54 Å². The number of carboxylic acid groups (broad SMARTS) is 3. The smallest absolute Gasteiger partial charge is 0.362 e. The second-order valence-corrected chi connectivity index (χ2v) is 11.4. The first-order valence-corrected chi connectivity index (χ1v) is 15.8. The Balaban J connectivity index is 4.03. The zero-order chi connectivity index (χ0) is 29.5. The predicted octanol–water partition coefficient (Wildman–Crippen LogP) is 6.88. The molecule has 0 aromatic heterocycles. The number of allylic oxidation sites excluding steroid dienone is 2. The van der Waals surface area contributed by atoms with E-state index in [2.05, 4.69) is 19.1 Å². The van der Waals surface area contributed by atoms with Gasteiger partial charge < -0.3 is 20.1 Å².